The number of nitrogens with one attached hydrogen (secondary N) is 3. The number of amides is 1. The van der Waals surface area contributed by atoms with Crippen LogP contribution in [-0.2, 0) is 0 Å². The number of allylic oxidation sites excluding steroid dienone is 3. The van der Waals surface area contributed by atoms with Crippen molar-refractivity contribution in [2.75, 3.05) is 0 Å². The molecule has 0 aliphatic heterocycles. The summed E-state index contributed by atoms with van der Waals surface area (Å²) in [6.45, 7) is 5.05. The van der Waals surface area contributed by atoms with Crippen molar-refractivity contribution in [2.45, 2.75) is 27.1 Å². The lowest BCUT2D eigenvalue weighted by atomic mass is 10.1. The number of nitrogens with zero attached hydrogens (tertiary/aromatic N) is 1. The summed E-state index contributed by atoms with van der Waals surface area (Å²) in [6, 6.07) is 6.32. The van der Waals surface area contributed by atoms with Crippen LogP contribution in [0.5, 0.6) is 11.5 Å². The molecule has 1 amide bonds. The van der Waals surface area contributed by atoms with Crippen molar-refractivity contribution in [2.24, 2.45) is 0 Å². The first-order valence-electron chi connectivity index (χ1n) is 9.33. The highest BCUT2D eigenvalue weighted by Crippen LogP contribution is 2.26. The molecule has 0 saturated heterocycles. The van der Waals surface area contributed by atoms with Crippen LogP contribution in [0.3, 0.4) is 0 Å². The second-order valence-electron chi connectivity index (χ2n) is 6.65. The topological polar surface area (TPSA) is 109 Å². The first kappa shape index (κ1) is 22.7. The van der Waals surface area contributed by atoms with Crippen LogP contribution >= 0.6 is 0 Å². The fourth-order valence-electron chi connectivity index (χ4n) is 2.82. The summed E-state index contributed by atoms with van der Waals surface area (Å²) in [7, 11) is 0. The van der Waals surface area contributed by atoms with Gasteiger partial charge in [0.25, 0.3) is 5.91 Å². The summed E-state index contributed by atoms with van der Waals surface area (Å²) in [5.41, 5.74) is 1.24. The Bertz CT molecular complexity index is 1270. The first-order valence-corrected chi connectivity index (χ1v) is 9.33. The van der Waals surface area contributed by atoms with E-state index in [1.807, 2.05) is 0 Å². The van der Waals surface area contributed by atoms with Gasteiger partial charge in [0.05, 0.1) is 0 Å². The number of pyridine rings is 1. The minimum Gasteiger partial charge on any atom is -0.455 e. The molecule has 0 atom stereocenters. The Morgan fingerprint density at radius 1 is 1.19 bits per heavy atom. The van der Waals surface area contributed by atoms with Crippen LogP contribution in [0.1, 0.15) is 31.1 Å². The second kappa shape index (κ2) is 9.00. The summed E-state index contributed by atoms with van der Waals surface area (Å²) < 4.78 is 47.0. The smallest absolute Gasteiger partial charge is 0.455 e. The number of ether oxygens (including phenoxy) is 2. The van der Waals surface area contributed by atoms with Gasteiger partial charge in [0, 0.05) is 29.1 Å². The minimum absolute atomic E-state index is 0.0115. The number of hydrogen-bond acceptors (Lipinski definition) is 5. The van der Waals surface area contributed by atoms with Crippen LogP contribution < -0.4 is 20.5 Å². The number of imidazole rings is 1. The van der Waals surface area contributed by atoms with Crippen molar-refractivity contribution < 1.29 is 27.4 Å². The Morgan fingerprint density at radius 3 is 2.62 bits per heavy atom. The van der Waals surface area contributed by atoms with Crippen LogP contribution in [0.15, 0.2) is 64.4 Å². The molecule has 0 radical (unpaired) electrons. The van der Waals surface area contributed by atoms with Gasteiger partial charge in [0.1, 0.15) is 17.0 Å². The molecule has 2 heterocycles. The van der Waals surface area contributed by atoms with E-state index < -0.39 is 23.7 Å². The third-order valence-corrected chi connectivity index (χ3v) is 4.43. The summed E-state index contributed by atoms with van der Waals surface area (Å²) in [5, 5.41) is 2.63. The number of carbonyl (C=O) groups excluding carboxylic acids is 1. The number of hydrogen-bond donors (Lipinski definition) is 3. The molecule has 168 valence electrons. The number of H-pyrrole nitrogens is 2. The van der Waals surface area contributed by atoms with Gasteiger partial charge in [0.2, 0.25) is 0 Å². The lowest BCUT2D eigenvalue weighted by Gasteiger charge is -2.15. The lowest BCUT2D eigenvalue weighted by Crippen LogP contribution is -2.23. The third-order valence-electron chi connectivity index (χ3n) is 4.43. The van der Waals surface area contributed by atoms with Crippen molar-refractivity contribution in [3.05, 3.63) is 75.7 Å². The van der Waals surface area contributed by atoms with Crippen molar-refractivity contribution in [3.63, 3.8) is 0 Å². The van der Waals surface area contributed by atoms with E-state index in [4.69, 9.17) is 4.74 Å². The van der Waals surface area contributed by atoms with Crippen molar-refractivity contribution in [1.29, 1.82) is 0 Å². The Balaban J connectivity index is 1.80. The quantitative estimate of drug-likeness (QED) is 0.388. The molecule has 0 aliphatic carbocycles. The van der Waals surface area contributed by atoms with Gasteiger partial charge in [-0.05, 0) is 45.0 Å². The van der Waals surface area contributed by atoms with Crippen LogP contribution in [0.4, 0.5) is 13.2 Å². The molecule has 8 nitrogen and oxygen atoms in total. The average molecular weight is 448 g/mol. The fraction of sp³-hybridized carbons (Fsp3) is 0.190. The predicted octanol–water partition coefficient (Wildman–Crippen LogP) is 4.16. The van der Waals surface area contributed by atoms with Gasteiger partial charge < -0.3 is 19.8 Å². The molecule has 0 aliphatic rings. The van der Waals surface area contributed by atoms with Crippen LogP contribution in [0.25, 0.3) is 11.2 Å². The Kier molecular flexibility index (Phi) is 6.37. The molecule has 3 N–H and O–H groups in total. The minimum atomic E-state index is -4.86. The maximum Gasteiger partial charge on any atom is 0.573 e. The normalized spacial score (nSPS) is 13.0. The highest BCUT2D eigenvalue weighted by molar-refractivity contribution is 5.95. The van der Waals surface area contributed by atoms with Crippen molar-refractivity contribution in [3.8, 4) is 11.5 Å². The molecular weight excluding hydrogens is 429 g/mol. The molecule has 0 saturated carbocycles. The van der Waals surface area contributed by atoms with E-state index in [0.29, 0.717) is 33.9 Å². The van der Waals surface area contributed by atoms with E-state index in [2.05, 4.69) is 25.0 Å². The van der Waals surface area contributed by atoms with Crippen molar-refractivity contribution >= 4 is 17.1 Å². The molecule has 0 unspecified atom stereocenters. The van der Waals surface area contributed by atoms with Crippen LogP contribution in [-0.4, -0.2) is 27.2 Å². The van der Waals surface area contributed by atoms with Gasteiger partial charge in [-0.2, -0.15) is 0 Å². The largest absolute Gasteiger partial charge is 0.573 e. The highest BCUT2D eigenvalue weighted by Gasteiger charge is 2.31. The highest BCUT2D eigenvalue weighted by atomic mass is 19.4. The lowest BCUT2D eigenvalue weighted by molar-refractivity contribution is -0.274. The summed E-state index contributed by atoms with van der Waals surface area (Å²) in [4.78, 5) is 33.2. The third kappa shape index (κ3) is 5.36. The van der Waals surface area contributed by atoms with Gasteiger partial charge in [-0.1, -0.05) is 6.07 Å². The monoisotopic (exact) mass is 448 g/mol. The van der Waals surface area contributed by atoms with Gasteiger partial charge in [-0.15, -0.1) is 13.2 Å². The van der Waals surface area contributed by atoms with E-state index in [0.717, 1.165) is 12.1 Å². The molecule has 0 bridgehead atoms. The van der Waals surface area contributed by atoms with E-state index >= 15 is 0 Å². The Hall–Kier alpha value is -4.02. The molecular formula is C21H19F3N4O4. The SMILES string of the molecule is C/C=C(Oc1ccnc2[nH]c(=O)[nH]c12)\C(C)=C(/C)NC(=O)c1cccc(OC(F)(F)F)c1. The van der Waals surface area contributed by atoms with Gasteiger partial charge in [-0.3, -0.25) is 9.78 Å². The van der Waals surface area contributed by atoms with Crippen molar-refractivity contribution in [1.82, 2.24) is 20.3 Å². The molecule has 0 spiro atoms. The van der Waals surface area contributed by atoms with Gasteiger partial charge in [0.15, 0.2) is 11.4 Å². The summed E-state index contributed by atoms with van der Waals surface area (Å²) in [5.74, 6) is -0.377. The summed E-state index contributed by atoms with van der Waals surface area (Å²) >= 11 is 0. The van der Waals surface area contributed by atoms with E-state index in [1.54, 1.807) is 32.9 Å². The molecule has 3 aromatic rings. The van der Waals surface area contributed by atoms with E-state index in [9.17, 15) is 22.8 Å². The molecule has 11 heteroatoms. The molecule has 1 aromatic carbocycles. The number of aromatic nitrogens is 3. The molecule has 32 heavy (non-hydrogen) atoms. The Labute approximate surface area is 179 Å². The number of aromatic amines is 2. The zero-order valence-corrected chi connectivity index (χ0v) is 17.3. The molecule has 0 fully saturated rings. The van der Waals surface area contributed by atoms with E-state index in [1.165, 1.54) is 18.3 Å². The second-order valence-corrected chi connectivity index (χ2v) is 6.65. The number of carbonyl (C=O) groups is 1. The molecule has 3 rings (SSSR count). The number of benzene rings is 1. The van der Waals surface area contributed by atoms with E-state index in [-0.39, 0.29) is 5.56 Å². The van der Waals surface area contributed by atoms with Gasteiger partial charge >= 0.3 is 12.1 Å². The molecule has 2 aromatic heterocycles. The van der Waals surface area contributed by atoms with Gasteiger partial charge in [-0.25, -0.2) is 9.78 Å². The Morgan fingerprint density at radius 2 is 1.94 bits per heavy atom. The number of halogens is 3. The van der Waals surface area contributed by atoms with Crippen LogP contribution in [0, 0.1) is 0 Å². The summed E-state index contributed by atoms with van der Waals surface area (Å²) in [6.07, 6.45) is -1.72. The predicted molar refractivity (Wildman–Crippen MR) is 110 cm³/mol. The number of rotatable bonds is 6. The standard InChI is InChI=1S/C21H19F3N4O4/c1-4-15(31-16-8-9-25-18-17(16)27-20(30)28-18)11(2)12(3)26-19(29)13-6-5-7-14(10-13)32-21(22,23)24/h4-10H,1-3H3,(H,26,29)(H2,25,27,28,30)/b12-11+,15-4+. The fourth-order valence-corrected chi connectivity index (χ4v) is 2.82. The zero-order valence-electron chi connectivity index (χ0n) is 17.3. The van der Waals surface area contributed by atoms with Crippen LogP contribution in [0.2, 0.25) is 0 Å². The number of fused-ring (bicyclic) bond motifs is 1. The average Bonchev–Trinajstić information content (AvgIpc) is 3.11. The number of alkyl halides is 3. The first-order chi connectivity index (χ1) is 15.1. The maximum atomic E-state index is 12.5. The maximum absolute atomic E-state index is 12.5. The zero-order chi connectivity index (χ0) is 23.5.